The van der Waals surface area contributed by atoms with Gasteiger partial charge in [-0.05, 0) is 69.3 Å². The van der Waals surface area contributed by atoms with Crippen LogP contribution in [0.2, 0.25) is 0 Å². The van der Waals surface area contributed by atoms with Crippen molar-refractivity contribution in [2.24, 2.45) is 5.92 Å². The number of rotatable bonds is 3. The van der Waals surface area contributed by atoms with Crippen molar-refractivity contribution in [3.05, 3.63) is 35.1 Å². The third-order valence-corrected chi connectivity index (χ3v) is 5.12. The highest BCUT2D eigenvalue weighted by Crippen LogP contribution is 2.44. The summed E-state index contributed by atoms with van der Waals surface area (Å²) >= 11 is 0. The second-order valence-electron chi connectivity index (χ2n) is 6.49. The second kappa shape index (κ2) is 5.45. The average molecular weight is 277 g/mol. The summed E-state index contributed by atoms with van der Waals surface area (Å²) in [6.07, 6.45) is 5.49. The van der Waals surface area contributed by atoms with Gasteiger partial charge in [-0.3, -0.25) is 0 Å². The van der Waals surface area contributed by atoms with Crippen LogP contribution in [0.15, 0.2) is 18.2 Å². The molecule has 20 heavy (non-hydrogen) atoms. The maximum absolute atomic E-state index is 13.4. The number of aliphatic hydroxyl groups is 1. The lowest BCUT2D eigenvalue weighted by molar-refractivity contribution is -0.0136. The molecule has 1 heterocycles. The second-order valence-corrected chi connectivity index (χ2v) is 6.49. The van der Waals surface area contributed by atoms with Crippen LogP contribution in [0, 0.1) is 18.7 Å². The summed E-state index contributed by atoms with van der Waals surface area (Å²) in [4.78, 5) is 2.47. The number of benzene rings is 1. The van der Waals surface area contributed by atoms with Gasteiger partial charge in [0, 0.05) is 12.5 Å². The maximum atomic E-state index is 13.4. The molecule has 3 rings (SSSR count). The molecule has 2 nitrogen and oxygen atoms in total. The van der Waals surface area contributed by atoms with Crippen LogP contribution in [0.25, 0.3) is 0 Å². The first-order valence-electron chi connectivity index (χ1n) is 7.81. The predicted octanol–water partition coefficient (Wildman–Crippen LogP) is 3.22. The molecule has 2 unspecified atom stereocenters. The van der Waals surface area contributed by atoms with E-state index < -0.39 is 5.60 Å². The molecule has 3 heteroatoms. The van der Waals surface area contributed by atoms with Crippen molar-refractivity contribution in [3.8, 4) is 0 Å². The maximum Gasteiger partial charge on any atom is 0.126 e. The fourth-order valence-corrected chi connectivity index (χ4v) is 3.87. The van der Waals surface area contributed by atoms with Crippen LogP contribution < -0.4 is 0 Å². The van der Waals surface area contributed by atoms with E-state index in [9.17, 15) is 9.50 Å². The summed E-state index contributed by atoms with van der Waals surface area (Å²) in [7, 11) is 0. The Morgan fingerprint density at radius 1 is 1.30 bits per heavy atom. The average Bonchev–Trinajstić information content (AvgIpc) is 3.05. The molecule has 1 saturated heterocycles. The van der Waals surface area contributed by atoms with E-state index in [1.807, 2.05) is 6.07 Å². The fourth-order valence-electron chi connectivity index (χ4n) is 3.87. The van der Waals surface area contributed by atoms with E-state index in [0.29, 0.717) is 5.56 Å². The zero-order valence-corrected chi connectivity index (χ0v) is 12.2. The van der Waals surface area contributed by atoms with Crippen molar-refractivity contribution < 1.29 is 9.50 Å². The molecular formula is C17H24FNO. The zero-order chi connectivity index (χ0) is 14.2. The van der Waals surface area contributed by atoms with Crippen molar-refractivity contribution in [1.29, 1.82) is 0 Å². The van der Waals surface area contributed by atoms with Gasteiger partial charge in [-0.15, -0.1) is 0 Å². The number of nitrogens with zero attached hydrogens (tertiary/aromatic N) is 1. The monoisotopic (exact) mass is 277 g/mol. The van der Waals surface area contributed by atoms with Crippen molar-refractivity contribution in [1.82, 2.24) is 4.90 Å². The smallest absolute Gasteiger partial charge is 0.126 e. The van der Waals surface area contributed by atoms with Gasteiger partial charge >= 0.3 is 0 Å². The molecule has 1 aromatic rings. The van der Waals surface area contributed by atoms with E-state index in [-0.39, 0.29) is 11.7 Å². The minimum Gasteiger partial charge on any atom is -0.385 e. The molecule has 1 aliphatic heterocycles. The number of aryl methyl sites for hydroxylation is 1. The third kappa shape index (κ3) is 2.49. The van der Waals surface area contributed by atoms with Crippen molar-refractivity contribution >= 4 is 0 Å². The summed E-state index contributed by atoms with van der Waals surface area (Å²) in [5.41, 5.74) is 0.766. The van der Waals surface area contributed by atoms with Crippen LogP contribution in [-0.2, 0) is 5.60 Å². The van der Waals surface area contributed by atoms with Gasteiger partial charge in [0.05, 0.1) is 5.60 Å². The number of likely N-dealkylation sites (tertiary alicyclic amines) is 1. The minimum atomic E-state index is -0.763. The normalized spacial score (nSPS) is 31.1. The Morgan fingerprint density at radius 2 is 2.05 bits per heavy atom. The highest BCUT2D eigenvalue weighted by molar-refractivity contribution is 5.30. The van der Waals surface area contributed by atoms with E-state index in [1.165, 1.54) is 18.9 Å². The SMILES string of the molecule is Cc1cc(C2(O)CCCC2CN2CCCC2)ccc1F. The lowest BCUT2D eigenvalue weighted by atomic mass is 9.83. The van der Waals surface area contributed by atoms with E-state index in [4.69, 9.17) is 0 Å². The standard InChI is InChI=1S/C17H24FNO/c1-13-11-14(6-7-16(13)18)17(20)8-4-5-15(17)12-19-9-2-3-10-19/h6-7,11,15,20H,2-5,8-10,12H2,1H3. The lowest BCUT2D eigenvalue weighted by Crippen LogP contribution is -2.38. The summed E-state index contributed by atoms with van der Waals surface area (Å²) in [5, 5.41) is 11.1. The van der Waals surface area contributed by atoms with Crippen LogP contribution >= 0.6 is 0 Å². The predicted molar refractivity (Wildman–Crippen MR) is 78.0 cm³/mol. The molecule has 1 saturated carbocycles. The molecule has 1 aliphatic carbocycles. The van der Waals surface area contributed by atoms with Crippen LogP contribution in [0.4, 0.5) is 4.39 Å². The molecular weight excluding hydrogens is 253 g/mol. The Bertz CT molecular complexity index is 484. The first kappa shape index (κ1) is 14.0. The molecule has 2 atom stereocenters. The van der Waals surface area contributed by atoms with Gasteiger partial charge in [-0.1, -0.05) is 12.1 Å². The van der Waals surface area contributed by atoms with Gasteiger partial charge in [0.2, 0.25) is 0 Å². The van der Waals surface area contributed by atoms with Crippen LogP contribution in [-0.4, -0.2) is 29.6 Å². The quantitative estimate of drug-likeness (QED) is 0.917. The molecule has 1 N–H and O–H groups in total. The number of hydrogen-bond donors (Lipinski definition) is 1. The minimum absolute atomic E-state index is 0.188. The molecule has 0 amide bonds. The number of hydrogen-bond acceptors (Lipinski definition) is 2. The molecule has 0 spiro atoms. The van der Waals surface area contributed by atoms with Gasteiger partial charge in [-0.2, -0.15) is 0 Å². The Kier molecular flexibility index (Phi) is 3.83. The van der Waals surface area contributed by atoms with E-state index in [2.05, 4.69) is 4.90 Å². The molecule has 2 fully saturated rings. The first-order chi connectivity index (χ1) is 9.59. The summed E-state index contributed by atoms with van der Waals surface area (Å²) in [6, 6.07) is 5.09. The van der Waals surface area contributed by atoms with Crippen molar-refractivity contribution in [2.45, 2.75) is 44.6 Å². The van der Waals surface area contributed by atoms with Gasteiger partial charge in [0.1, 0.15) is 5.82 Å². The first-order valence-corrected chi connectivity index (χ1v) is 7.81. The van der Waals surface area contributed by atoms with E-state index in [1.54, 1.807) is 13.0 Å². The van der Waals surface area contributed by atoms with E-state index in [0.717, 1.165) is 44.5 Å². The Balaban J connectivity index is 1.82. The van der Waals surface area contributed by atoms with Gasteiger partial charge in [0.25, 0.3) is 0 Å². The van der Waals surface area contributed by atoms with Gasteiger partial charge in [-0.25, -0.2) is 4.39 Å². The van der Waals surface area contributed by atoms with Crippen LogP contribution in [0.5, 0.6) is 0 Å². The molecule has 0 radical (unpaired) electrons. The van der Waals surface area contributed by atoms with Crippen LogP contribution in [0.3, 0.4) is 0 Å². The molecule has 0 bridgehead atoms. The summed E-state index contributed by atoms with van der Waals surface area (Å²) < 4.78 is 13.4. The largest absolute Gasteiger partial charge is 0.385 e. The molecule has 1 aromatic carbocycles. The highest BCUT2D eigenvalue weighted by atomic mass is 19.1. The van der Waals surface area contributed by atoms with Crippen molar-refractivity contribution in [3.63, 3.8) is 0 Å². The molecule has 0 aromatic heterocycles. The summed E-state index contributed by atoms with van der Waals surface area (Å²) in [5.74, 6) is 0.0944. The van der Waals surface area contributed by atoms with Gasteiger partial charge in [0.15, 0.2) is 0 Å². The van der Waals surface area contributed by atoms with Crippen LogP contribution in [0.1, 0.15) is 43.2 Å². The summed E-state index contributed by atoms with van der Waals surface area (Å²) in [6.45, 7) is 5.07. The lowest BCUT2D eigenvalue weighted by Gasteiger charge is -2.33. The molecule has 2 aliphatic rings. The fraction of sp³-hybridized carbons (Fsp3) is 0.647. The Labute approximate surface area is 120 Å². The van der Waals surface area contributed by atoms with Crippen molar-refractivity contribution in [2.75, 3.05) is 19.6 Å². The van der Waals surface area contributed by atoms with E-state index >= 15 is 0 Å². The third-order valence-electron chi connectivity index (χ3n) is 5.12. The topological polar surface area (TPSA) is 23.5 Å². The number of halogens is 1. The highest BCUT2D eigenvalue weighted by Gasteiger charge is 2.43. The zero-order valence-electron chi connectivity index (χ0n) is 12.2. The van der Waals surface area contributed by atoms with Gasteiger partial charge < -0.3 is 10.0 Å². The molecule has 110 valence electrons. The Morgan fingerprint density at radius 3 is 2.75 bits per heavy atom. The Hall–Kier alpha value is -0.930.